The summed E-state index contributed by atoms with van der Waals surface area (Å²) >= 11 is 0. The molecule has 0 fully saturated rings. The van der Waals surface area contributed by atoms with Crippen molar-refractivity contribution in [3.8, 4) is 5.75 Å². The van der Waals surface area contributed by atoms with Gasteiger partial charge in [-0.05, 0) is 26.8 Å². The van der Waals surface area contributed by atoms with Crippen molar-refractivity contribution < 1.29 is 5.11 Å². The third-order valence-electron chi connectivity index (χ3n) is 2.90. The number of aromatic nitrogens is 4. The minimum absolute atomic E-state index is 0.00148. The van der Waals surface area contributed by atoms with Crippen molar-refractivity contribution in [2.45, 2.75) is 32.9 Å². The van der Waals surface area contributed by atoms with Crippen LogP contribution in [0.15, 0.2) is 18.2 Å². The molecule has 1 aromatic carbocycles. The minimum Gasteiger partial charge on any atom is -0.508 e. The highest BCUT2D eigenvalue weighted by Gasteiger charge is 2.16. The van der Waals surface area contributed by atoms with Crippen LogP contribution in [-0.2, 0) is 0 Å². The van der Waals surface area contributed by atoms with E-state index in [-0.39, 0.29) is 12.1 Å². The van der Waals surface area contributed by atoms with Crippen molar-refractivity contribution in [1.29, 1.82) is 0 Å². The molecule has 0 saturated carbocycles. The van der Waals surface area contributed by atoms with E-state index in [1.165, 1.54) is 0 Å². The third kappa shape index (κ3) is 2.65. The average Bonchev–Trinajstić information content (AvgIpc) is 2.85. The second-order valence-electron chi connectivity index (χ2n) is 4.44. The molecule has 0 radical (unpaired) electrons. The number of benzene rings is 1. The van der Waals surface area contributed by atoms with E-state index in [4.69, 9.17) is 0 Å². The van der Waals surface area contributed by atoms with Gasteiger partial charge >= 0.3 is 0 Å². The van der Waals surface area contributed by atoms with E-state index in [0.717, 1.165) is 11.1 Å². The van der Waals surface area contributed by atoms with Gasteiger partial charge in [0.2, 0.25) is 0 Å². The molecular weight excluding hydrogens is 230 g/mol. The SMILES string of the molecule is Cc1ccc(O)c(C(C)NC(C)c2nn[nH]n2)c1. The Hall–Kier alpha value is -1.95. The molecule has 2 atom stereocenters. The first-order valence-corrected chi connectivity index (χ1v) is 5.87. The molecule has 0 aliphatic heterocycles. The molecule has 0 aliphatic carbocycles. The lowest BCUT2D eigenvalue weighted by Gasteiger charge is -2.19. The topological polar surface area (TPSA) is 86.7 Å². The number of aromatic amines is 1. The van der Waals surface area contributed by atoms with Gasteiger partial charge in [-0.3, -0.25) is 0 Å². The summed E-state index contributed by atoms with van der Waals surface area (Å²) in [5, 5.41) is 27.0. The maximum absolute atomic E-state index is 9.86. The van der Waals surface area contributed by atoms with Gasteiger partial charge in [-0.1, -0.05) is 22.9 Å². The Morgan fingerprint density at radius 2 is 2.06 bits per heavy atom. The number of rotatable bonds is 4. The van der Waals surface area contributed by atoms with Gasteiger partial charge in [-0.15, -0.1) is 10.2 Å². The molecule has 6 nitrogen and oxygen atoms in total. The van der Waals surface area contributed by atoms with Crippen molar-refractivity contribution in [2.24, 2.45) is 0 Å². The first kappa shape index (κ1) is 12.5. The van der Waals surface area contributed by atoms with E-state index < -0.39 is 0 Å². The first-order chi connectivity index (χ1) is 8.58. The molecule has 0 bridgehead atoms. The molecule has 18 heavy (non-hydrogen) atoms. The van der Waals surface area contributed by atoms with Crippen LogP contribution in [0.4, 0.5) is 0 Å². The van der Waals surface area contributed by atoms with E-state index in [9.17, 15) is 5.11 Å². The van der Waals surface area contributed by atoms with Gasteiger partial charge in [0.25, 0.3) is 0 Å². The molecule has 2 rings (SSSR count). The largest absolute Gasteiger partial charge is 0.508 e. The number of hydrogen-bond donors (Lipinski definition) is 3. The summed E-state index contributed by atoms with van der Waals surface area (Å²) in [5.41, 5.74) is 1.98. The van der Waals surface area contributed by atoms with Crippen molar-refractivity contribution in [3.05, 3.63) is 35.2 Å². The van der Waals surface area contributed by atoms with Crippen LogP contribution in [0.2, 0.25) is 0 Å². The Kier molecular flexibility index (Phi) is 3.57. The molecule has 1 heterocycles. The van der Waals surface area contributed by atoms with Crippen LogP contribution in [0.3, 0.4) is 0 Å². The standard InChI is InChI=1S/C12H17N5O/c1-7-4-5-11(18)10(6-7)8(2)13-9(3)12-14-16-17-15-12/h4-6,8-9,13,18H,1-3H3,(H,14,15,16,17). The van der Waals surface area contributed by atoms with Crippen LogP contribution >= 0.6 is 0 Å². The van der Waals surface area contributed by atoms with E-state index in [0.29, 0.717) is 11.6 Å². The molecular formula is C12H17N5O. The quantitative estimate of drug-likeness (QED) is 0.764. The van der Waals surface area contributed by atoms with Crippen LogP contribution < -0.4 is 5.32 Å². The fourth-order valence-corrected chi connectivity index (χ4v) is 1.91. The number of phenolic OH excluding ortho intramolecular Hbond substituents is 1. The smallest absolute Gasteiger partial charge is 0.191 e. The van der Waals surface area contributed by atoms with Gasteiger partial charge in [-0.25, -0.2) is 0 Å². The van der Waals surface area contributed by atoms with Gasteiger partial charge in [0.1, 0.15) is 5.75 Å². The van der Waals surface area contributed by atoms with Crippen molar-refractivity contribution in [2.75, 3.05) is 0 Å². The molecule has 2 aromatic rings. The Bertz CT molecular complexity index is 511. The van der Waals surface area contributed by atoms with Gasteiger partial charge < -0.3 is 10.4 Å². The van der Waals surface area contributed by atoms with Crippen LogP contribution in [-0.4, -0.2) is 25.7 Å². The summed E-state index contributed by atoms with van der Waals surface area (Å²) in [4.78, 5) is 0. The summed E-state index contributed by atoms with van der Waals surface area (Å²) in [6.45, 7) is 5.94. The number of tetrazole rings is 1. The predicted octanol–water partition coefficient (Wildman–Crippen LogP) is 1.63. The van der Waals surface area contributed by atoms with Crippen molar-refractivity contribution in [1.82, 2.24) is 25.9 Å². The maximum Gasteiger partial charge on any atom is 0.191 e. The second-order valence-corrected chi connectivity index (χ2v) is 4.44. The normalized spacial score (nSPS) is 14.4. The minimum atomic E-state index is -0.0429. The average molecular weight is 247 g/mol. The van der Waals surface area contributed by atoms with Gasteiger partial charge in [-0.2, -0.15) is 5.21 Å². The molecule has 0 aliphatic rings. The molecule has 0 saturated heterocycles. The zero-order valence-electron chi connectivity index (χ0n) is 10.7. The number of hydrogen-bond acceptors (Lipinski definition) is 5. The Morgan fingerprint density at radius 3 is 2.72 bits per heavy atom. The Labute approximate surface area is 105 Å². The second kappa shape index (κ2) is 5.14. The maximum atomic E-state index is 9.86. The molecule has 0 spiro atoms. The van der Waals surface area contributed by atoms with Gasteiger partial charge in [0.05, 0.1) is 6.04 Å². The highest BCUT2D eigenvalue weighted by molar-refractivity contribution is 5.37. The van der Waals surface area contributed by atoms with E-state index in [1.807, 2.05) is 32.9 Å². The highest BCUT2D eigenvalue weighted by atomic mass is 16.3. The van der Waals surface area contributed by atoms with Crippen LogP contribution in [0.1, 0.15) is 42.9 Å². The summed E-state index contributed by atoms with van der Waals surface area (Å²) in [5.74, 6) is 0.898. The fraction of sp³-hybridized carbons (Fsp3) is 0.417. The van der Waals surface area contributed by atoms with E-state index in [2.05, 4.69) is 25.9 Å². The summed E-state index contributed by atoms with van der Waals surface area (Å²) in [6, 6.07) is 5.52. The molecule has 2 unspecified atom stereocenters. The molecule has 6 heteroatoms. The lowest BCUT2D eigenvalue weighted by molar-refractivity contribution is 0.432. The van der Waals surface area contributed by atoms with Gasteiger partial charge in [0.15, 0.2) is 5.82 Å². The third-order valence-corrected chi connectivity index (χ3v) is 2.90. The molecule has 1 aromatic heterocycles. The van der Waals surface area contributed by atoms with Crippen LogP contribution in [0, 0.1) is 6.92 Å². The summed E-state index contributed by atoms with van der Waals surface area (Å²) < 4.78 is 0. The Morgan fingerprint density at radius 1 is 1.28 bits per heavy atom. The van der Waals surface area contributed by atoms with Crippen molar-refractivity contribution >= 4 is 0 Å². The van der Waals surface area contributed by atoms with Crippen LogP contribution in [0.25, 0.3) is 0 Å². The summed E-state index contributed by atoms with van der Waals surface area (Å²) in [7, 11) is 0. The monoisotopic (exact) mass is 247 g/mol. The molecule has 3 N–H and O–H groups in total. The zero-order valence-corrected chi connectivity index (χ0v) is 10.7. The van der Waals surface area contributed by atoms with Gasteiger partial charge in [0, 0.05) is 11.6 Å². The lowest BCUT2D eigenvalue weighted by Crippen LogP contribution is -2.23. The molecule has 96 valence electrons. The number of nitrogens with zero attached hydrogens (tertiary/aromatic N) is 3. The molecule has 0 amide bonds. The summed E-state index contributed by atoms with van der Waals surface area (Å²) in [6.07, 6.45) is 0. The lowest BCUT2D eigenvalue weighted by atomic mass is 10.0. The number of phenols is 1. The van der Waals surface area contributed by atoms with Crippen molar-refractivity contribution in [3.63, 3.8) is 0 Å². The van der Waals surface area contributed by atoms with E-state index in [1.54, 1.807) is 6.07 Å². The Balaban J connectivity index is 2.12. The number of nitrogens with one attached hydrogen (secondary N) is 2. The predicted molar refractivity (Wildman–Crippen MR) is 67.0 cm³/mol. The van der Waals surface area contributed by atoms with Crippen LogP contribution in [0.5, 0.6) is 5.75 Å². The number of H-pyrrole nitrogens is 1. The first-order valence-electron chi connectivity index (χ1n) is 5.87. The highest BCUT2D eigenvalue weighted by Crippen LogP contribution is 2.26. The fourth-order valence-electron chi connectivity index (χ4n) is 1.91. The van der Waals surface area contributed by atoms with E-state index >= 15 is 0 Å². The zero-order chi connectivity index (χ0) is 13.1. The number of aromatic hydroxyl groups is 1. The number of aryl methyl sites for hydroxylation is 1.